The van der Waals surface area contributed by atoms with Gasteiger partial charge < -0.3 is 10.2 Å². The highest BCUT2D eigenvalue weighted by atomic mass is 79.9. The van der Waals surface area contributed by atoms with Crippen molar-refractivity contribution >= 4 is 43.7 Å². The largest absolute Gasteiger partial charge is 0.357 e. The molecule has 0 saturated heterocycles. The van der Waals surface area contributed by atoms with Gasteiger partial charge in [0.05, 0.1) is 5.56 Å². The van der Waals surface area contributed by atoms with Crippen molar-refractivity contribution in [3.8, 4) is 0 Å². The number of hydrogen-bond acceptors (Lipinski definition) is 5. The van der Waals surface area contributed by atoms with Gasteiger partial charge in [0.25, 0.3) is 15.9 Å². The maximum absolute atomic E-state index is 13.0. The number of carbonyl (C=O) groups is 3. The van der Waals surface area contributed by atoms with Gasteiger partial charge in [-0.15, -0.1) is 0 Å². The molecule has 0 unspecified atom stereocenters. The first-order chi connectivity index (χ1) is 14.7. The summed E-state index contributed by atoms with van der Waals surface area (Å²) in [6.07, 6.45) is -0.239. The standard InChI is InChI=1S/C21H22BrN3O5S/c1-14(20(27)23-2)24(13-15-7-9-16(22)10-8-15)19(26)11-12-25-21(28)17-5-3-4-6-18(17)31(25,29)30/h3-10,14H,11-13H2,1-2H3,(H,23,27)/t14-/m0/s1. The minimum atomic E-state index is -3.99. The minimum Gasteiger partial charge on any atom is -0.357 e. The third-order valence-electron chi connectivity index (χ3n) is 5.12. The van der Waals surface area contributed by atoms with Crippen LogP contribution in [0.5, 0.6) is 0 Å². The molecule has 0 saturated carbocycles. The highest BCUT2D eigenvalue weighted by molar-refractivity contribution is 9.10. The lowest BCUT2D eigenvalue weighted by Gasteiger charge is -2.29. The van der Waals surface area contributed by atoms with Gasteiger partial charge in [-0.3, -0.25) is 14.4 Å². The van der Waals surface area contributed by atoms with Crippen LogP contribution < -0.4 is 5.32 Å². The first kappa shape index (κ1) is 23.0. The summed E-state index contributed by atoms with van der Waals surface area (Å²) in [5.74, 6) is -1.43. The number of halogens is 1. The van der Waals surface area contributed by atoms with E-state index in [9.17, 15) is 22.8 Å². The van der Waals surface area contributed by atoms with Crippen LogP contribution in [0.15, 0.2) is 57.9 Å². The summed E-state index contributed by atoms with van der Waals surface area (Å²) in [5.41, 5.74) is 0.907. The van der Waals surface area contributed by atoms with Crippen LogP contribution in [0.25, 0.3) is 0 Å². The number of benzene rings is 2. The lowest BCUT2D eigenvalue weighted by molar-refractivity contribution is -0.140. The zero-order valence-corrected chi connectivity index (χ0v) is 19.4. The van der Waals surface area contributed by atoms with E-state index in [1.54, 1.807) is 19.1 Å². The molecule has 1 aliphatic heterocycles. The molecule has 8 nitrogen and oxygen atoms in total. The molecule has 31 heavy (non-hydrogen) atoms. The first-order valence-electron chi connectivity index (χ1n) is 9.58. The number of hydrogen-bond donors (Lipinski definition) is 1. The van der Waals surface area contributed by atoms with Gasteiger partial charge in [-0.25, -0.2) is 12.7 Å². The van der Waals surface area contributed by atoms with Crippen molar-refractivity contribution in [1.29, 1.82) is 0 Å². The van der Waals surface area contributed by atoms with Crippen LogP contribution in [0.1, 0.15) is 29.3 Å². The monoisotopic (exact) mass is 507 g/mol. The van der Waals surface area contributed by atoms with Crippen molar-refractivity contribution in [2.75, 3.05) is 13.6 Å². The second-order valence-corrected chi connectivity index (χ2v) is 9.81. The van der Waals surface area contributed by atoms with Gasteiger partial charge in [-0.1, -0.05) is 40.2 Å². The minimum absolute atomic E-state index is 0.0575. The average Bonchev–Trinajstić information content (AvgIpc) is 2.96. The molecule has 1 aliphatic rings. The molecule has 0 aliphatic carbocycles. The van der Waals surface area contributed by atoms with Crippen molar-refractivity contribution in [1.82, 2.24) is 14.5 Å². The summed E-state index contributed by atoms with van der Waals surface area (Å²) in [5, 5.41) is 2.52. The fourth-order valence-electron chi connectivity index (χ4n) is 3.37. The Balaban J connectivity index is 1.78. The molecule has 0 fully saturated rings. The van der Waals surface area contributed by atoms with Crippen LogP contribution in [0.3, 0.4) is 0 Å². The van der Waals surface area contributed by atoms with E-state index >= 15 is 0 Å². The molecule has 1 atom stereocenters. The number of nitrogens with zero attached hydrogens (tertiary/aromatic N) is 2. The number of amides is 3. The third-order valence-corrected chi connectivity index (χ3v) is 7.49. The molecule has 3 amide bonds. The predicted molar refractivity (Wildman–Crippen MR) is 118 cm³/mol. The Morgan fingerprint density at radius 2 is 1.77 bits per heavy atom. The molecule has 3 rings (SSSR count). The molecule has 164 valence electrons. The second kappa shape index (κ2) is 9.19. The Morgan fingerprint density at radius 3 is 2.39 bits per heavy atom. The summed E-state index contributed by atoms with van der Waals surface area (Å²) in [6, 6.07) is 12.5. The summed E-state index contributed by atoms with van der Waals surface area (Å²) in [6.45, 7) is 1.47. The van der Waals surface area contributed by atoms with E-state index in [1.165, 1.54) is 24.1 Å². The molecule has 0 bridgehead atoms. The van der Waals surface area contributed by atoms with E-state index in [0.717, 1.165) is 14.3 Å². The number of sulfonamides is 1. The Bertz CT molecular complexity index is 1120. The smallest absolute Gasteiger partial charge is 0.269 e. The molecule has 1 N–H and O–H groups in total. The zero-order chi connectivity index (χ0) is 22.8. The molecule has 0 spiro atoms. The lowest BCUT2D eigenvalue weighted by atomic mass is 10.1. The van der Waals surface area contributed by atoms with E-state index in [1.807, 2.05) is 24.3 Å². The van der Waals surface area contributed by atoms with Crippen molar-refractivity contribution in [3.05, 3.63) is 64.1 Å². The maximum Gasteiger partial charge on any atom is 0.269 e. The van der Waals surface area contributed by atoms with Crippen LogP contribution in [0.2, 0.25) is 0 Å². The van der Waals surface area contributed by atoms with Crippen molar-refractivity contribution in [3.63, 3.8) is 0 Å². The van der Waals surface area contributed by atoms with Gasteiger partial charge in [-0.2, -0.15) is 0 Å². The van der Waals surface area contributed by atoms with E-state index < -0.39 is 27.9 Å². The zero-order valence-electron chi connectivity index (χ0n) is 17.0. The number of likely N-dealkylation sites (N-methyl/N-ethyl adjacent to an activating group) is 1. The van der Waals surface area contributed by atoms with E-state index in [4.69, 9.17) is 0 Å². The molecular weight excluding hydrogens is 486 g/mol. The molecule has 2 aromatic carbocycles. The van der Waals surface area contributed by atoms with E-state index in [2.05, 4.69) is 21.2 Å². The Morgan fingerprint density at radius 1 is 1.13 bits per heavy atom. The maximum atomic E-state index is 13.0. The highest BCUT2D eigenvalue weighted by Crippen LogP contribution is 2.30. The molecule has 10 heteroatoms. The number of carbonyl (C=O) groups excluding carboxylic acids is 3. The van der Waals surface area contributed by atoms with E-state index in [0.29, 0.717) is 0 Å². The average molecular weight is 508 g/mol. The Hall–Kier alpha value is -2.72. The van der Waals surface area contributed by atoms with Crippen molar-refractivity contribution in [2.45, 2.75) is 30.8 Å². The second-order valence-electron chi connectivity index (χ2n) is 7.07. The molecule has 2 aromatic rings. The number of fused-ring (bicyclic) bond motifs is 1. The summed E-state index contributed by atoms with van der Waals surface area (Å²) >= 11 is 3.36. The number of nitrogens with one attached hydrogen (secondary N) is 1. The Kier molecular flexibility index (Phi) is 6.80. The van der Waals surface area contributed by atoms with Gasteiger partial charge >= 0.3 is 0 Å². The fourth-order valence-corrected chi connectivity index (χ4v) is 5.20. The predicted octanol–water partition coefficient (Wildman–Crippen LogP) is 2.15. The van der Waals surface area contributed by atoms with Crippen molar-refractivity contribution < 1.29 is 22.8 Å². The molecular formula is C21H22BrN3O5S. The van der Waals surface area contributed by atoms with Crippen LogP contribution in [-0.2, 0) is 26.2 Å². The quantitative estimate of drug-likeness (QED) is 0.618. The molecule has 0 radical (unpaired) electrons. The summed E-state index contributed by atoms with van der Waals surface area (Å²) in [4.78, 5) is 39.1. The van der Waals surface area contributed by atoms with Crippen LogP contribution in [-0.4, -0.2) is 55.0 Å². The van der Waals surface area contributed by atoms with Gasteiger partial charge in [0.1, 0.15) is 10.9 Å². The van der Waals surface area contributed by atoms with Gasteiger partial charge in [0.15, 0.2) is 0 Å². The Labute approximate surface area is 189 Å². The molecule has 1 heterocycles. The van der Waals surface area contributed by atoms with Crippen molar-refractivity contribution in [2.24, 2.45) is 0 Å². The third kappa shape index (κ3) is 4.64. The lowest BCUT2D eigenvalue weighted by Crippen LogP contribution is -2.47. The van der Waals surface area contributed by atoms with Crippen LogP contribution >= 0.6 is 15.9 Å². The molecule has 0 aromatic heterocycles. The van der Waals surface area contributed by atoms with E-state index in [-0.39, 0.29) is 35.9 Å². The first-order valence-corrected chi connectivity index (χ1v) is 11.8. The normalized spacial score (nSPS) is 15.3. The van der Waals surface area contributed by atoms with Gasteiger partial charge in [0, 0.05) is 31.0 Å². The number of rotatable bonds is 7. The van der Waals surface area contributed by atoms with Crippen LogP contribution in [0, 0.1) is 0 Å². The summed E-state index contributed by atoms with van der Waals surface area (Å²) < 4.78 is 27.0. The highest BCUT2D eigenvalue weighted by Gasteiger charge is 2.41. The van der Waals surface area contributed by atoms with Gasteiger partial charge in [-0.05, 0) is 36.8 Å². The van der Waals surface area contributed by atoms with Crippen LogP contribution in [0.4, 0.5) is 0 Å². The topological polar surface area (TPSA) is 104 Å². The SMILES string of the molecule is CNC(=O)[C@H](C)N(Cc1ccc(Br)cc1)C(=O)CCN1C(=O)c2ccccc2S1(=O)=O. The van der Waals surface area contributed by atoms with Gasteiger partial charge in [0.2, 0.25) is 11.8 Å². The fraction of sp³-hybridized carbons (Fsp3) is 0.286. The summed E-state index contributed by atoms with van der Waals surface area (Å²) in [7, 11) is -2.51.